The Morgan fingerprint density at radius 1 is 1.11 bits per heavy atom. The topological polar surface area (TPSA) is 105 Å². The number of primary amides is 1. The Morgan fingerprint density at radius 3 is 2.50 bits per heavy atom. The maximum Gasteiger partial charge on any atom is 0.298 e. The first-order chi connectivity index (χ1) is 13.6. The molecule has 3 heterocycles. The number of benzene rings is 1. The van der Waals surface area contributed by atoms with Crippen molar-refractivity contribution in [1.82, 2.24) is 15.2 Å². The maximum atomic E-state index is 12.7. The number of rotatable bonds is 5. The van der Waals surface area contributed by atoms with Crippen molar-refractivity contribution in [3.8, 4) is 0 Å². The van der Waals surface area contributed by atoms with Gasteiger partial charge in [0.05, 0.1) is 6.54 Å². The Bertz CT molecular complexity index is 802. The minimum Gasteiger partial charge on any atom is -0.423 e. The molecule has 8 nitrogen and oxygen atoms in total. The van der Waals surface area contributed by atoms with Crippen molar-refractivity contribution >= 4 is 28.9 Å². The number of likely N-dealkylation sites (tertiary alicyclic amines) is 1. The summed E-state index contributed by atoms with van der Waals surface area (Å²) in [7, 11) is 0. The van der Waals surface area contributed by atoms with Crippen LogP contribution in [0.2, 0.25) is 0 Å². The number of anilines is 1. The van der Waals surface area contributed by atoms with E-state index in [4.69, 9.17) is 10.2 Å². The van der Waals surface area contributed by atoms with E-state index < -0.39 is 0 Å². The molecule has 0 bridgehead atoms. The summed E-state index contributed by atoms with van der Waals surface area (Å²) < 4.78 is 5.84. The van der Waals surface area contributed by atoms with Crippen LogP contribution in [0.5, 0.6) is 0 Å². The summed E-state index contributed by atoms with van der Waals surface area (Å²) in [6.45, 7) is 3.42. The van der Waals surface area contributed by atoms with Gasteiger partial charge in [0.25, 0.3) is 6.01 Å². The number of nitrogens with two attached hydrogens (primary N) is 1. The van der Waals surface area contributed by atoms with E-state index in [-0.39, 0.29) is 23.8 Å². The van der Waals surface area contributed by atoms with Gasteiger partial charge in [-0.15, -0.1) is 0 Å². The van der Waals surface area contributed by atoms with Gasteiger partial charge in [0.2, 0.25) is 11.8 Å². The average molecular weight is 385 g/mol. The highest BCUT2D eigenvalue weighted by Crippen LogP contribution is 2.26. The van der Waals surface area contributed by atoms with Crippen molar-refractivity contribution in [3.05, 3.63) is 24.3 Å². The normalized spacial score (nSPS) is 19.8. The average Bonchev–Trinajstić information content (AvgIpc) is 3.13. The molecule has 0 atom stereocenters. The second-order valence-corrected chi connectivity index (χ2v) is 7.75. The number of nitrogens with zero attached hydrogens (tertiary/aromatic N) is 3. The maximum absolute atomic E-state index is 12.7. The van der Waals surface area contributed by atoms with Crippen molar-refractivity contribution in [2.24, 2.45) is 11.7 Å². The van der Waals surface area contributed by atoms with E-state index in [0.29, 0.717) is 12.6 Å². The van der Waals surface area contributed by atoms with Gasteiger partial charge in [-0.3, -0.25) is 14.5 Å². The first kappa shape index (κ1) is 18.7. The first-order valence-corrected chi connectivity index (χ1v) is 10.00. The van der Waals surface area contributed by atoms with E-state index in [1.165, 1.54) is 0 Å². The van der Waals surface area contributed by atoms with Crippen molar-refractivity contribution in [2.75, 3.05) is 37.6 Å². The number of amides is 2. The molecule has 2 fully saturated rings. The number of fused-ring (bicyclic) bond motifs is 1. The van der Waals surface area contributed by atoms with Crippen LogP contribution in [0.1, 0.15) is 25.7 Å². The second-order valence-electron chi connectivity index (χ2n) is 7.75. The number of piperidine rings is 2. The smallest absolute Gasteiger partial charge is 0.298 e. The molecule has 2 aliphatic rings. The molecular formula is C20H27N5O3. The molecule has 0 radical (unpaired) electrons. The summed E-state index contributed by atoms with van der Waals surface area (Å²) in [6, 6.07) is 8.57. The molecule has 4 rings (SSSR count). The summed E-state index contributed by atoms with van der Waals surface area (Å²) in [5.74, 6) is -0.122. The molecule has 28 heavy (non-hydrogen) atoms. The zero-order valence-corrected chi connectivity index (χ0v) is 16.0. The van der Waals surface area contributed by atoms with E-state index in [1.54, 1.807) is 0 Å². The molecule has 0 aliphatic carbocycles. The number of carbonyl (C=O) groups is 2. The van der Waals surface area contributed by atoms with Gasteiger partial charge >= 0.3 is 0 Å². The van der Waals surface area contributed by atoms with Crippen LogP contribution in [0, 0.1) is 5.92 Å². The van der Waals surface area contributed by atoms with Gasteiger partial charge < -0.3 is 20.4 Å². The van der Waals surface area contributed by atoms with Crippen molar-refractivity contribution < 1.29 is 14.0 Å². The largest absolute Gasteiger partial charge is 0.423 e. The lowest BCUT2D eigenvalue weighted by Gasteiger charge is -2.34. The molecule has 8 heteroatoms. The Balaban J connectivity index is 1.24. The highest BCUT2D eigenvalue weighted by molar-refractivity contribution is 5.79. The van der Waals surface area contributed by atoms with Crippen molar-refractivity contribution in [2.45, 2.75) is 31.7 Å². The van der Waals surface area contributed by atoms with Crippen LogP contribution in [0.15, 0.2) is 28.7 Å². The molecule has 2 saturated heterocycles. The number of para-hydroxylation sites is 2. The number of aromatic nitrogens is 1. The third kappa shape index (κ3) is 4.27. The molecule has 1 aromatic carbocycles. The lowest BCUT2D eigenvalue weighted by Crippen LogP contribution is -2.49. The van der Waals surface area contributed by atoms with Gasteiger partial charge in [0, 0.05) is 38.1 Å². The van der Waals surface area contributed by atoms with Crippen LogP contribution in [0.25, 0.3) is 11.1 Å². The van der Waals surface area contributed by atoms with Gasteiger partial charge in [0.15, 0.2) is 5.58 Å². The van der Waals surface area contributed by atoms with Gasteiger partial charge in [-0.05, 0) is 37.8 Å². The van der Waals surface area contributed by atoms with E-state index in [9.17, 15) is 9.59 Å². The SMILES string of the molecule is NC(=O)CN1CCC(NC(=O)C2CCN(c3nc4ccccc4o3)CC2)CC1. The Labute approximate surface area is 164 Å². The fourth-order valence-electron chi connectivity index (χ4n) is 4.10. The number of carbonyl (C=O) groups excluding carboxylic acids is 2. The van der Waals surface area contributed by atoms with Gasteiger partial charge in [-0.25, -0.2) is 0 Å². The number of hydrogen-bond donors (Lipinski definition) is 2. The molecule has 2 amide bonds. The third-order valence-electron chi connectivity index (χ3n) is 5.73. The van der Waals surface area contributed by atoms with Gasteiger partial charge in [-0.1, -0.05) is 12.1 Å². The van der Waals surface area contributed by atoms with Gasteiger partial charge in [-0.2, -0.15) is 4.98 Å². The predicted octanol–water partition coefficient (Wildman–Crippen LogP) is 1.11. The first-order valence-electron chi connectivity index (χ1n) is 10.00. The van der Waals surface area contributed by atoms with Crippen LogP contribution >= 0.6 is 0 Å². The number of oxazole rings is 1. The summed E-state index contributed by atoms with van der Waals surface area (Å²) in [4.78, 5) is 32.4. The third-order valence-corrected chi connectivity index (χ3v) is 5.73. The Hall–Kier alpha value is -2.61. The summed E-state index contributed by atoms with van der Waals surface area (Å²) in [6.07, 6.45) is 3.32. The zero-order valence-electron chi connectivity index (χ0n) is 16.0. The molecule has 0 spiro atoms. The van der Waals surface area contributed by atoms with E-state index in [1.807, 2.05) is 29.2 Å². The fraction of sp³-hybridized carbons (Fsp3) is 0.550. The summed E-state index contributed by atoms with van der Waals surface area (Å²) >= 11 is 0. The second kappa shape index (κ2) is 8.18. The number of hydrogen-bond acceptors (Lipinski definition) is 6. The van der Waals surface area contributed by atoms with Crippen LogP contribution < -0.4 is 16.0 Å². The molecule has 1 aromatic heterocycles. The lowest BCUT2D eigenvalue weighted by molar-refractivity contribution is -0.127. The van der Waals surface area contributed by atoms with Crippen LogP contribution in [-0.2, 0) is 9.59 Å². The molecule has 0 unspecified atom stereocenters. The molecule has 2 aromatic rings. The van der Waals surface area contributed by atoms with E-state index in [2.05, 4.69) is 15.2 Å². The standard InChI is InChI=1S/C20H27N5O3/c21-18(26)13-24-9-7-15(8-10-24)22-19(27)14-5-11-25(12-6-14)20-23-16-3-1-2-4-17(16)28-20/h1-4,14-15H,5-13H2,(H2,21,26)(H,22,27). The Morgan fingerprint density at radius 2 is 1.82 bits per heavy atom. The fourth-order valence-corrected chi connectivity index (χ4v) is 4.10. The van der Waals surface area contributed by atoms with Crippen LogP contribution in [0.3, 0.4) is 0 Å². The van der Waals surface area contributed by atoms with E-state index in [0.717, 1.165) is 63.0 Å². The van der Waals surface area contributed by atoms with Crippen molar-refractivity contribution in [3.63, 3.8) is 0 Å². The summed E-state index contributed by atoms with van der Waals surface area (Å²) in [5, 5.41) is 3.20. The molecule has 3 N–H and O–H groups in total. The summed E-state index contributed by atoms with van der Waals surface area (Å²) in [5.41, 5.74) is 6.90. The molecular weight excluding hydrogens is 358 g/mol. The minimum atomic E-state index is -0.298. The minimum absolute atomic E-state index is 0.0317. The predicted molar refractivity (Wildman–Crippen MR) is 106 cm³/mol. The van der Waals surface area contributed by atoms with Crippen molar-refractivity contribution in [1.29, 1.82) is 0 Å². The highest BCUT2D eigenvalue weighted by atomic mass is 16.4. The highest BCUT2D eigenvalue weighted by Gasteiger charge is 2.29. The number of nitrogens with one attached hydrogen (secondary N) is 1. The van der Waals surface area contributed by atoms with Gasteiger partial charge in [0.1, 0.15) is 5.52 Å². The zero-order chi connectivity index (χ0) is 19.5. The quantitative estimate of drug-likeness (QED) is 0.799. The van der Waals surface area contributed by atoms with E-state index >= 15 is 0 Å². The van der Waals surface area contributed by atoms with Crippen LogP contribution in [-0.4, -0.2) is 60.5 Å². The molecule has 150 valence electrons. The Kier molecular flexibility index (Phi) is 5.47. The van der Waals surface area contributed by atoms with Crippen LogP contribution in [0.4, 0.5) is 6.01 Å². The monoisotopic (exact) mass is 385 g/mol. The lowest BCUT2D eigenvalue weighted by atomic mass is 9.95. The molecule has 0 saturated carbocycles. The molecule has 2 aliphatic heterocycles.